The fourth-order valence-corrected chi connectivity index (χ4v) is 1.32. The van der Waals surface area contributed by atoms with Crippen molar-refractivity contribution in [3.8, 4) is 0 Å². The minimum Gasteiger partial charge on any atom is -0.382 e. The van der Waals surface area contributed by atoms with Gasteiger partial charge in [0.05, 0.1) is 12.7 Å². The first-order valence-corrected chi connectivity index (χ1v) is 5.73. The molecule has 0 aliphatic heterocycles. The Labute approximate surface area is 97.7 Å². The van der Waals surface area contributed by atoms with Crippen LogP contribution in [0.3, 0.4) is 0 Å². The topological polar surface area (TPSA) is 73.6 Å². The molecule has 0 bridgehead atoms. The Morgan fingerprint density at radius 2 is 2.06 bits per heavy atom. The molecule has 0 aliphatic rings. The van der Waals surface area contributed by atoms with Crippen LogP contribution >= 0.6 is 0 Å². The Hall–Kier alpha value is -0.650. The number of hydrogen-bond donors (Lipinski definition) is 2. The zero-order valence-corrected chi connectivity index (χ0v) is 10.3. The van der Waals surface area contributed by atoms with Crippen molar-refractivity contribution in [3.05, 3.63) is 0 Å². The lowest BCUT2D eigenvalue weighted by Gasteiger charge is -2.14. The molecule has 1 amide bonds. The second-order valence-corrected chi connectivity index (χ2v) is 3.72. The summed E-state index contributed by atoms with van der Waals surface area (Å²) in [6.45, 7) is 1.69. The number of rotatable bonds is 10. The maximum absolute atomic E-state index is 11.4. The van der Waals surface area contributed by atoms with Crippen molar-refractivity contribution in [1.29, 1.82) is 0 Å². The summed E-state index contributed by atoms with van der Waals surface area (Å²) in [5.74, 6) is 0.0650. The number of unbranched alkanes of at least 4 members (excludes halogenated alkanes) is 2. The summed E-state index contributed by atoms with van der Waals surface area (Å²) in [6.07, 6.45) is 3.37. The molecule has 0 radical (unpaired) electrons. The summed E-state index contributed by atoms with van der Waals surface area (Å²) in [6, 6.07) is 0. The SMILES string of the molecule is COCC(CNC(=O)CCCCCN)OC. The third kappa shape index (κ3) is 8.64. The summed E-state index contributed by atoms with van der Waals surface area (Å²) in [5.41, 5.74) is 5.36. The van der Waals surface area contributed by atoms with Gasteiger partial charge in [0.1, 0.15) is 0 Å². The molecule has 3 N–H and O–H groups in total. The van der Waals surface area contributed by atoms with E-state index in [1.165, 1.54) is 0 Å². The van der Waals surface area contributed by atoms with Crippen LogP contribution in [0.25, 0.3) is 0 Å². The minimum atomic E-state index is -0.0713. The van der Waals surface area contributed by atoms with Crippen molar-refractivity contribution in [2.45, 2.75) is 31.8 Å². The number of nitrogens with one attached hydrogen (secondary N) is 1. The highest BCUT2D eigenvalue weighted by Gasteiger charge is 2.08. The van der Waals surface area contributed by atoms with Crippen LogP contribution in [0, 0.1) is 0 Å². The molecule has 1 unspecified atom stereocenters. The van der Waals surface area contributed by atoms with Crippen molar-refractivity contribution >= 4 is 5.91 Å². The van der Waals surface area contributed by atoms with Crippen LogP contribution < -0.4 is 11.1 Å². The second-order valence-electron chi connectivity index (χ2n) is 3.72. The molecule has 0 aromatic carbocycles. The normalized spacial score (nSPS) is 12.4. The van der Waals surface area contributed by atoms with Gasteiger partial charge in [0, 0.05) is 27.2 Å². The van der Waals surface area contributed by atoms with Gasteiger partial charge >= 0.3 is 0 Å². The molecule has 5 nitrogen and oxygen atoms in total. The molecule has 0 saturated carbocycles. The highest BCUT2D eigenvalue weighted by atomic mass is 16.5. The van der Waals surface area contributed by atoms with Crippen molar-refractivity contribution < 1.29 is 14.3 Å². The van der Waals surface area contributed by atoms with Crippen LogP contribution in [-0.2, 0) is 14.3 Å². The zero-order chi connectivity index (χ0) is 12.2. The van der Waals surface area contributed by atoms with E-state index < -0.39 is 0 Å². The minimum absolute atomic E-state index is 0.0650. The van der Waals surface area contributed by atoms with E-state index in [-0.39, 0.29) is 12.0 Å². The summed E-state index contributed by atoms with van der Waals surface area (Å²) >= 11 is 0. The smallest absolute Gasteiger partial charge is 0.220 e. The van der Waals surface area contributed by atoms with Gasteiger partial charge < -0.3 is 20.5 Å². The molecule has 0 saturated heterocycles. The maximum atomic E-state index is 11.4. The number of hydrogen-bond acceptors (Lipinski definition) is 4. The Morgan fingerprint density at radius 1 is 1.31 bits per heavy atom. The van der Waals surface area contributed by atoms with Crippen molar-refractivity contribution in [3.63, 3.8) is 0 Å². The van der Waals surface area contributed by atoms with Crippen LogP contribution in [0.4, 0.5) is 0 Å². The van der Waals surface area contributed by atoms with Gasteiger partial charge in [0.15, 0.2) is 0 Å². The predicted molar refractivity (Wildman–Crippen MR) is 63.2 cm³/mol. The fourth-order valence-electron chi connectivity index (χ4n) is 1.32. The third-order valence-corrected chi connectivity index (χ3v) is 2.32. The van der Waals surface area contributed by atoms with Crippen LogP contribution in [0.2, 0.25) is 0 Å². The summed E-state index contributed by atoms with van der Waals surface area (Å²) in [7, 11) is 3.22. The molecule has 0 spiro atoms. The summed E-state index contributed by atoms with van der Waals surface area (Å²) in [4.78, 5) is 11.4. The van der Waals surface area contributed by atoms with E-state index in [2.05, 4.69) is 5.32 Å². The fraction of sp³-hybridized carbons (Fsp3) is 0.909. The number of methoxy groups -OCH3 is 2. The molecule has 0 aromatic rings. The molecule has 0 fully saturated rings. The molecule has 0 aliphatic carbocycles. The van der Waals surface area contributed by atoms with Crippen molar-refractivity contribution in [2.24, 2.45) is 5.73 Å². The predicted octanol–water partition coefficient (Wildman–Crippen LogP) is 0.283. The average Bonchev–Trinajstić information content (AvgIpc) is 2.30. The van der Waals surface area contributed by atoms with Gasteiger partial charge in [0.2, 0.25) is 5.91 Å². The van der Waals surface area contributed by atoms with Crippen molar-refractivity contribution in [2.75, 3.05) is 33.9 Å². The number of carbonyl (C=O) groups is 1. The van der Waals surface area contributed by atoms with Gasteiger partial charge in [-0.3, -0.25) is 4.79 Å². The molecule has 96 valence electrons. The number of nitrogens with two attached hydrogens (primary N) is 1. The summed E-state index contributed by atoms with van der Waals surface area (Å²) < 4.78 is 10.1. The monoisotopic (exact) mass is 232 g/mol. The summed E-state index contributed by atoms with van der Waals surface area (Å²) in [5, 5.41) is 2.82. The molecule has 0 aromatic heterocycles. The third-order valence-electron chi connectivity index (χ3n) is 2.32. The lowest BCUT2D eigenvalue weighted by atomic mass is 10.2. The van der Waals surface area contributed by atoms with Crippen LogP contribution in [0.1, 0.15) is 25.7 Å². The Balaban J connectivity index is 3.47. The molecular formula is C11H24N2O3. The van der Waals surface area contributed by atoms with E-state index in [1.54, 1.807) is 14.2 Å². The first kappa shape index (κ1) is 15.3. The van der Waals surface area contributed by atoms with Crippen LogP contribution in [-0.4, -0.2) is 45.9 Å². The first-order valence-electron chi connectivity index (χ1n) is 5.73. The first-order chi connectivity index (χ1) is 7.74. The van der Waals surface area contributed by atoms with E-state index in [4.69, 9.17) is 15.2 Å². The van der Waals surface area contributed by atoms with E-state index in [9.17, 15) is 4.79 Å². The van der Waals surface area contributed by atoms with Crippen molar-refractivity contribution in [1.82, 2.24) is 5.32 Å². The Morgan fingerprint density at radius 3 is 2.62 bits per heavy atom. The van der Waals surface area contributed by atoms with E-state index >= 15 is 0 Å². The van der Waals surface area contributed by atoms with Crippen LogP contribution in [0.5, 0.6) is 0 Å². The highest BCUT2D eigenvalue weighted by molar-refractivity contribution is 5.75. The standard InChI is InChI=1S/C11H24N2O3/c1-15-9-10(16-2)8-13-11(14)6-4-3-5-7-12/h10H,3-9,12H2,1-2H3,(H,13,14). The second kappa shape index (κ2) is 10.9. The van der Waals surface area contributed by atoms with Gasteiger partial charge in [-0.1, -0.05) is 6.42 Å². The van der Waals surface area contributed by atoms with Gasteiger partial charge in [-0.05, 0) is 19.4 Å². The van der Waals surface area contributed by atoms with E-state index in [0.29, 0.717) is 26.1 Å². The Bertz CT molecular complexity index is 177. The van der Waals surface area contributed by atoms with Gasteiger partial charge in [-0.2, -0.15) is 0 Å². The largest absolute Gasteiger partial charge is 0.382 e. The van der Waals surface area contributed by atoms with Gasteiger partial charge in [-0.15, -0.1) is 0 Å². The molecule has 5 heteroatoms. The highest BCUT2D eigenvalue weighted by Crippen LogP contribution is 1.98. The lowest BCUT2D eigenvalue weighted by Crippen LogP contribution is -2.35. The Kier molecular flexibility index (Phi) is 10.4. The molecule has 1 atom stereocenters. The van der Waals surface area contributed by atoms with E-state index in [0.717, 1.165) is 19.3 Å². The molecular weight excluding hydrogens is 208 g/mol. The number of amides is 1. The molecule has 16 heavy (non-hydrogen) atoms. The van der Waals surface area contributed by atoms with Gasteiger partial charge in [0.25, 0.3) is 0 Å². The number of carbonyl (C=O) groups excluding carboxylic acids is 1. The maximum Gasteiger partial charge on any atom is 0.220 e. The quantitative estimate of drug-likeness (QED) is 0.531. The lowest BCUT2D eigenvalue weighted by molar-refractivity contribution is -0.122. The number of ether oxygens (including phenoxy) is 2. The average molecular weight is 232 g/mol. The molecule has 0 heterocycles. The van der Waals surface area contributed by atoms with Gasteiger partial charge in [-0.25, -0.2) is 0 Å². The zero-order valence-electron chi connectivity index (χ0n) is 10.3. The molecule has 0 rings (SSSR count). The van der Waals surface area contributed by atoms with Crippen LogP contribution in [0.15, 0.2) is 0 Å². The van der Waals surface area contributed by atoms with E-state index in [1.807, 2.05) is 0 Å².